The fourth-order valence-corrected chi connectivity index (χ4v) is 4.26. The first kappa shape index (κ1) is 26.0. The van der Waals surface area contributed by atoms with Crippen LogP contribution in [0.2, 0.25) is 0 Å². The van der Waals surface area contributed by atoms with Gasteiger partial charge in [0.1, 0.15) is 5.75 Å². The van der Waals surface area contributed by atoms with Crippen molar-refractivity contribution in [3.8, 4) is 16.9 Å². The number of nitrogens with zero attached hydrogens (tertiary/aromatic N) is 1. The molecule has 1 aromatic heterocycles. The highest BCUT2D eigenvalue weighted by Gasteiger charge is 2.02. The average Bonchev–Trinajstić information content (AvgIpc) is 2.89. The number of benzene rings is 2. The predicted octanol–water partition coefficient (Wildman–Crippen LogP) is 9.01. The standard InChI is InChI=1S/C32H43NO/c1-3-5-7-8-9-10-11-25-34-32-23-19-30(20-24-32)29-17-13-27(14-18-29)15-21-31-22-16-28(26-33-31)12-6-4-2/h13-14,16-20,22-24,26H,3-12,15,21,25H2,1-2H3. The molecule has 0 spiro atoms. The first-order chi connectivity index (χ1) is 16.8. The lowest BCUT2D eigenvalue weighted by Crippen LogP contribution is -1.97. The van der Waals surface area contributed by atoms with Crippen molar-refractivity contribution in [1.29, 1.82) is 0 Å². The molecule has 3 aromatic rings. The Bertz CT molecular complexity index is 913. The van der Waals surface area contributed by atoms with E-state index in [1.54, 1.807) is 0 Å². The number of ether oxygens (including phenoxy) is 1. The Balaban J connectivity index is 1.39. The molecule has 0 saturated heterocycles. The van der Waals surface area contributed by atoms with Gasteiger partial charge in [0.15, 0.2) is 0 Å². The van der Waals surface area contributed by atoms with Crippen molar-refractivity contribution in [1.82, 2.24) is 4.98 Å². The minimum Gasteiger partial charge on any atom is -0.494 e. The molecule has 1 heterocycles. The zero-order valence-corrected chi connectivity index (χ0v) is 21.4. The van der Waals surface area contributed by atoms with Crippen molar-refractivity contribution >= 4 is 0 Å². The summed E-state index contributed by atoms with van der Waals surface area (Å²) in [6.45, 7) is 5.31. The second-order valence-corrected chi connectivity index (χ2v) is 9.45. The predicted molar refractivity (Wildman–Crippen MR) is 146 cm³/mol. The van der Waals surface area contributed by atoms with Crippen LogP contribution < -0.4 is 4.74 Å². The summed E-state index contributed by atoms with van der Waals surface area (Å²) in [4.78, 5) is 4.65. The molecule has 34 heavy (non-hydrogen) atoms. The number of unbranched alkanes of at least 4 members (excludes halogenated alkanes) is 7. The van der Waals surface area contributed by atoms with Crippen molar-refractivity contribution in [3.63, 3.8) is 0 Å². The third-order valence-corrected chi connectivity index (χ3v) is 6.53. The second-order valence-electron chi connectivity index (χ2n) is 9.45. The first-order valence-electron chi connectivity index (χ1n) is 13.5. The summed E-state index contributed by atoms with van der Waals surface area (Å²) >= 11 is 0. The highest BCUT2D eigenvalue weighted by molar-refractivity contribution is 5.64. The van der Waals surface area contributed by atoms with Gasteiger partial charge in [-0.3, -0.25) is 4.98 Å². The Morgan fingerprint density at radius 3 is 1.82 bits per heavy atom. The topological polar surface area (TPSA) is 22.1 Å². The van der Waals surface area contributed by atoms with E-state index < -0.39 is 0 Å². The van der Waals surface area contributed by atoms with Crippen LogP contribution in [-0.4, -0.2) is 11.6 Å². The van der Waals surface area contributed by atoms with E-state index in [4.69, 9.17) is 4.74 Å². The molecule has 0 saturated carbocycles. The Kier molecular flexibility index (Phi) is 11.7. The summed E-state index contributed by atoms with van der Waals surface area (Å²) in [5.74, 6) is 0.972. The molecule has 2 heteroatoms. The number of rotatable bonds is 16. The molecular formula is C32H43NO. The Morgan fingerprint density at radius 2 is 1.18 bits per heavy atom. The number of aromatic nitrogens is 1. The number of hydrogen-bond acceptors (Lipinski definition) is 2. The van der Waals surface area contributed by atoms with Crippen molar-refractivity contribution in [2.24, 2.45) is 0 Å². The highest BCUT2D eigenvalue weighted by Crippen LogP contribution is 2.23. The zero-order chi connectivity index (χ0) is 23.8. The first-order valence-corrected chi connectivity index (χ1v) is 13.5. The van der Waals surface area contributed by atoms with E-state index in [-0.39, 0.29) is 0 Å². The highest BCUT2D eigenvalue weighted by atomic mass is 16.5. The van der Waals surface area contributed by atoms with Gasteiger partial charge in [-0.15, -0.1) is 0 Å². The molecule has 0 amide bonds. The maximum absolute atomic E-state index is 5.94. The summed E-state index contributed by atoms with van der Waals surface area (Å²) in [5.41, 5.74) is 6.37. The normalized spacial score (nSPS) is 11.0. The van der Waals surface area contributed by atoms with Crippen LogP contribution in [0.4, 0.5) is 0 Å². The molecule has 0 aliphatic carbocycles. The van der Waals surface area contributed by atoms with Crippen LogP contribution in [0.1, 0.15) is 88.5 Å². The van der Waals surface area contributed by atoms with Gasteiger partial charge in [-0.2, -0.15) is 0 Å². The smallest absolute Gasteiger partial charge is 0.119 e. The van der Waals surface area contributed by atoms with Crippen molar-refractivity contribution < 1.29 is 4.74 Å². The lowest BCUT2D eigenvalue weighted by molar-refractivity contribution is 0.304. The number of pyridine rings is 1. The van der Waals surface area contributed by atoms with Gasteiger partial charge in [0.2, 0.25) is 0 Å². The van der Waals surface area contributed by atoms with Gasteiger partial charge in [0, 0.05) is 11.9 Å². The maximum atomic E-state index is 5.94. The molecule has 0 bridgehead atoms. The Morgan fingerprint density at radius 1 is 0.559 bits per heavy atom. The Labute approximate surface area is 207 Å². The fourth-order valence-electron chi connectivity index (χ4n) is 4.26. The van der Waals surface area contributed by atoms with Crippen LogP contribution in [0.3, 0.4) is 0 Å². The summed E-state index contributed by atoms with van der Waals surface area (Å²) in [7, 11) is 0. The lowest BCUT2D eigenvalue weighted by atomic mass is 10.0. The third-order valence-electron chi connectivity index (χ3n) is 6.53. The van der Waals surface area contributed by atoms with Crippen LogP contribution in [0.5, 0.6) is 5.75 Å². The van der Waals surface area contributed by atoms with Gasteiger partial charge in [-0.25, -0.2) is 0 Å². The molecule has 0 aliphatic rings. The lowest BCUT2D eigenvalue weighted by Gasteiger charge is -2.08. The van der Waals surface area contributed by atoms with E-state index >= 15 is 0 Å². The molecule has 3 rings (SSSR count). The molecule has 0 fully saturated rings. The van der Waals surface area contributed by atoms with Gasteiger partial charge >= 0.3 is 0 Å². The maximum Gasteiger partial charge on any atom is 0.119 e. The van der Waals surface area contributed by atoms with E-state index in [9.17, 15) is 0 Å². The summed E-state index contributed by atoms with van der Waals surface area (Å²) in [5, 5.41) is 0. The van der Waals surface area contributed by atoms with Crippen molar-refractivity contribution in [3.05, 3.63) is 83.7 Å². The summed E-state index contributed by atoms with van der Waals surface area (Å²) in [6.07, 6.45) is 16.8. The van der Waals surface area contributed by atoms with E-state index in [0.717, 1.165) is 38.0 Å². The van der Waals surface area contributed by atoms with Gasteiger partial charge in [-0.1, -0.05) is 101 Å². The van der Waals surface area contributed by atoms with Gasteiger partial charge in [0.25, 0.3) is 0 Å². The van der Waals surface area contributed by atoms with Gasteiger partial charge < -0.3 is 4.74 Å². The molecule has 2 nitrogen and oxygen atoms in total. The van der Waals surface area contributed by atoms with Crippen LogP contribution in [0.15, 0.2) is 66.9 Å². The van der Waals surface area contributed by atoms with Crippen LogP contribution in [0, 0.1) is 0 Å². The van der Waals surface area contributed by atoms with E-state index in [2.05, 4.69) is 85.7 Å². The van der Waals surface area contributed by atoms with Crippen molar-refractivity contribution in [2.45, 2.75) is 90.9 Å². The molecule has 0 aliphatic heterocycles. The minimum atomic E-state index is 0.818. The Hall–Kier alpha value is -2.61. The molecule has 0 N–H and O–H groups in total. The van der Waals surface area contributed by atoms with Gasteiger partial charge in [-0.05, 0) is 72.6 Å². The van der Waals surface area contributed by atoms with E-state index in [0.29, 0.717) is 0 Å². The van der Waals surface area contributed by atoms with Crippen LogP contribution in [-0.2, 0) is 19.3 Å². The molecule has 0 atom stereocenters. The van der Waals surface area contributed by atoms with Crippen LogP contribution >= 0.6 is 0 Å². The zero-order valence-electron chi connectivity index (χ0n) is 21.4. The monoisotopic (exact) mass is 457 g/mol. The largest absolute Gasteiger partial charge is 0.494 e. The molecule has 2 aromatic carbocycles. The fraction of sp³-hybridized carbons (Fsp3) is 0.469. The molecule has 0 unspecified atom stereocenters. The average molecular weight is 458 g/mol. The van der Waals surface area contributed by atoms with E-state index in [1.807, 2.05) is 0 Å². The molecular weight excluding hydrogens is 414 g/mol. The molecule has 0 radical (unpaired) electrons. The summed E-state index contributed by atoms with van der Waals surface area (Å²) < 4.78 is 5.94. The van der Waals surface area contributed by atoms with Crippen molar-refractivity contribution in [2.75, 3.05) is 6.61 Å². The summed E-state index contributed by atoms with van der Waals surface area (Å²) in [6, 6.07) is 21.9. The third kappa shape index (κ3) is 9.33. The molecule has 182 valence electrons. The SMILES string of the molecule is CCCCCCCCCOc1ccc(-c2ccc(CCc3ccc(CCCC)cn3)cc2)cc1. The quantitative estimate of drug-likeness (QED) is 0.200. The van der Waals surface area contributed by atoms with E-state index in [1.165, 1.54) is 79.3 Å². The number of hydrogen-bond donors (Lipinski definition) is 0. The van der Waals surface area contributed by atoms with Crippen LogP contribution in [0.25, 0.3) is 11.1 Å². The second kappa shape index (κ2) is 15.3. The number of aryl methyl sites for hydroxylation is 3. The minimum absolute atomic E-state index is 0.818. The van der Waals surface area contributed by atoms with Gasteiger partial charge in [0.05, 0.1) is 6.61 Å².